The van der Waals surface area contributed by atoms with Gasteiger partial charge in [-0.05, 0) is 52.0 Å². The fourth-order valence-electron chi connectivity index (χ4n) is 3.76. The molecule has 4 rings (SSSR count). The van der Waals surface area contributed by atoms with Gasteiger partial charge < -0.3 is 20.8 Å². The number of anilines is 3. The van der Waals surface area contributed by atoms with Gasteiger partial charge in [0.15, 0.2) is 11.6 Å². The van der Waals surface area contributed by atoms with Crippen LogP contribution in [0.4, 0.5) is 21.8 Å². The van der Waals surface area contributed by atoms with Crippen molar-refractivity contribution in [2.24, 2.45) is 0 Å². The Hall–Kier alpha value is -3.72. The zero-order chi connectivity index (χ0) is 23.5. The summed E-state index contributed by atoms with van der Waals surface area (Å²) in [5.41, 5.74) is 7.93. The summed E-state index contributed by atoms with van der Waals surface area (Å²) >= 11 is 0. The molecule has 4 aromatic rings. The van der Waals surface area contributed by atoms with E-state index in [2.05, 4.69) is 57.8 Å². The minimum atomic E-state index is -0.506. The standard InChI is InChI=1S/C24H28FN7O/c1-14(2)32(15(3)4)13-17-12-22(31-24(26)30-17)29-16-5-6-21(19(25)11-16)33-20-8-10-28-23-18(20)7-9-27-23/h5-12,14-15H,13H2,1-4H3,(H,27,28)(H3,26,29,30,31). The SMILES string of the molecule is CC(C)N(Cc1cc(Nc2ccc(Oc3ccnc4[nH]ccc34)c(F)c2)nc(N)n1)C(C)C. The van der Waals surface area contributed by atoms with E-state index < -0.39 is 5.82 Å². The van der Waals surface area contributed by atoms with E-state index in [1.165, 1.54) is 6.07 Å². The van der Waals surface area contributed by atoms with Gasteiger partial charge in [0.1, 0.15) is 17.2 Å². The maximum atomic E-state index is 14.8. The van der Waals surface area contributed by atoms with Gasteiger partial charge >= 0.3 is 0 Å². The Morgan fingerprint density at radius 1 is 1.06 bits per heavy atom. The van der Waals surface area contributed by atoms with Crippen LogP contribution in [0.25, 0.3) is 11.0 Å². The predicted octanol–water partition coefficient (Wildman–Crippen LogP) is 5.23. The number of aromatic nitrogens is 4. The molecule has 0 atom stereocenters. The van der Waals surface area contributed by atoms with Crippen LogP contribution in [0.5, 0.6) is 11.5 Å². The number of H-pyrrole nitrogens is 1. The first kappa shape index (κ1) is 22.5. The van der Waals surface area contributed by atoms with Crippen LogP contribution in [0.2, 0.25) is 0 Å². The molecule has 0 saturated heterocycles. The number of benzene rings is 1. The van der Waals surface area contributed by atoms with Gasteiger partial charge in [0, 0.05) is 48.8 Å². The lowest BCUT2D eigenvalue weighted by molar-refractivity contribution is 0.164. The number of nitrogens with one attached hydrogen (secondary N) is 2. The van der Waals surface area contributed by atoms with E-state index >= 15 is 0 Å². The summed E-state index contributed by atoms with van der Waals surface area (Å²) in [5.74, 6) is 0.793. The Labute approximate surface area is 192 Å². The number of aromatic amines is 1. The molecule has 0 amide bonds. The normalized spacial score (nSPS) is 11.6. The molecule has 0 aliphatic rings. The highest BCUT2D eigenvalue weighted by molar-refractivity contribution is 5.82. The number of halogens is 1. The molecular weight excluding hydrogens is 421 g/mol. The summed E-state index contributed by atoms with van der Waals surface area (Å²) in [6, 6.07) is 10.7. The molecule has 3 aromatic heterocycles. The molecule has 4 N–H and O–H groups in total. The molecule has 0 aliphatic carbocycles. The summed E-state index contributed by atoms with van der Waals surface area (Å²) in [6.07, 6.45) is 3.37. The van der Waals surface area contributed by atoms with Crippen molar-refractivity contribution >= 4 is 28.5 Å². The summed E-state index contributed by atoms with van der Waals surface area (Å²) in [4.78, 5) is 18.1. The van der Waals surface area contributed by atoms with Gasteiger partial charge in [-0.25, -0.2) is 14.4 Å². The summed E-state index contributed by atoms with van der Waals surface area (Å²) in [6.45, 7) is 9.20. The maximum absolute atomic E-state index is 14.8. The highest BCUT2D eigenvalue weighted by Crippen LogP contribution is 2.31. The molecule has 0 unspecified atom stereocenters. The molecule has 0 bridgehead atoms. The van der Waals surface area contributed by atoms with E-state index in [9.17, 15) is 4.39 Å². The van der Waals surface area contributed by atoms with Crippen LogP contribution in [-0.2, 0) is 6.54 Å². The number of fused-ring (bicyclic) bond motifs is 1. The van der Waals surface area contributed by atoms with Crippen molar-refractivity contribution in [1.29, 1.82) is 0 Å². The van der Waals surface area contributed by atoms with Crippen LogP contribution in [-0.4, -0.2) is 36.9 Å². The topological polar surface area (TPSA) is 105 Å². The summed E-state index contributed by atoms with van der Waals surface area (Å²) in [5, 5.41) is 3.89. The third kappa shape index (κ3) is 5.20. The van der Waals surface area contributed by atoms with Gasteiger partial charge in [-0.3, -0.25) is 4.90 Å². The molecule has 0 saturated carbocycles. The number of ether oxygens (including phenoxy) is 1. The lowest BCUT2D eigenvalue weighted by Gasteiger charge is -2.30. The lowest BCUT2D eigenvalue weighted by atomic mass is 10.2. The van der Waals surface area contributed by atoms with Gasteiger partial charge in [-0.1, -0.05) is 0 Å². The average molecular weight is 450 g/mol. The smallest absolute Gasteiger partial charge is 0.222 e. The number of nitrogen functional groups attached to an aromatic ring is 1. The van der Waals surface area contributed by atoms with Gasteiger partial charge in [-0.15, -0.1) is 0 Å². The van der Waals surface area contributed by atoms with Crippen molar-refractivity contribution < 1.29 is 9.13 Å². The molecule has 172 valence electrons. The Morgan fingerprint density at radius 3 is 2.58 bits per heavy atom. The van der Waals surface area contributed by atoms with Crippen LogP contribution >= 0.6 is 0 Å². The predicted molar refractivity (Wildman–Crippen MR) is 128 cm³/mol. The Morgan fingerprint density at radius 2 is 1.85 bits per heavy atom. The lowest BCUT2D eigenvalue weighted by Crippen LogP contribution is -2.36. The van der Waals surface area contributed by atoms with Gasteiger partial charge in [0.05, 0.1) is 11.1 Å². The second-order valence-corrected chi connectivity index (χ2v) is 8.38. The van der Waals surface area contributed by atoms with Gasteiger partial charge in [0.25, 0.3) is 0 Å². The zero-order valence-electron chi connectivity index (χ0n) is 19.1. The van der Waals surface area contributed by atoms with Gasteiger partial charge in [-0.2, -0.15) is 4.98 Å². The Kier molecular flexibility index (Phi) is 6.41. The zero-order valence-corrected chi connectivity index (χ0v) is 19.1. The minimum absolute atomic E-state index is 0.113. The van der Waals surface area contributed by atoms with Crippen molar-refractivity contribution in [2.75, 3.05) is 11.1 Å². The maximum Gasteiger partial charge on any atom is 0.222 e. The second kappa shape index (κ2) is 9.41. The second-order valence-electron chi connectivity index (χ2n) is 8.38. The molecule has 9 heteroatoms. The number of nitrogens with zero attached hydrogens (tertiary/aromatic N) is 4. The first-order valence-corrected chi connectivity index (χ1v) is 10.9. The average Bonchev–Trinajstić information content (AvgIpc) is 3.23. The third-order valence-corrected chi connectivity index (χ3v) is 5.31. The largest absolute Gasteiger partial charge is 0.453 e. The van der Waals surface area contributed by atoms with E-state index in [0.29, 0.717) is 41.5 Å². The highest BCUT2D eigenvalue weighted by atomic mass is 19.1. The quantitative estimate of drug-likeness (QED) is 0.338. The monoisotopic (exact) mass is 449 g/mol. The molecule has 1 aromatic carbocycles. The van der Waals surface area contributed by atoms with Crippen molar-refractivity contribution in [2.45, 2.75) is 46.3 Å². The van der Waals surface area contributed by atoms with Crippen LogP contribution in [0.1, 0.15) is 33.4 Å². The number of hydrogen-bond acceptors (Lipinski definition) is 7. The van der Waals surface area contributed by atoms with Crippen LogP contribution in [0, 0.1) is 5.82 Å². The van der Waals surface area contributed by atoms with Crippen LogP contribution in [0.3, 0.4) is 0 Å². The van der Waals surface area contributed by atoms with Gasteiger partial charge in [0.2, 0.25) is 5.95 Å². The fourth-order valence-corrected chi connectivity index (χ4v) is 3.76. The number of hydrogen-bond donors (Lipinski definition) is 3. The van der Waals surface area contributed by atoms with Crippen LogP contribution < -0.4 is 15.8 Å². The van der Waals surface area contributed by atoms with E-state index in [0.717, 1.165) is 11.1 Å². The van der Waals surface area contributed by atoms with Crippen LogP contribution in [0.15, 0.2) is 48.8 Å². The first-order chi connectivity index (χ1) is 15.8. The van der Waals surface area contributed by atoms with Crippen molar-refractivity contribution in [3.05, 3.63) is 60.3 Å². The van der Waals surface area contributed by atoms with E-state index in [1.807, 2.05) is 12.1 Å². The molecule has 33 heavy (non-hydrogen) atoms. The molecule has 0 fully saturated rings. The fraction of sp³-hybridized carbons (Fsp3) is 0.292. The molecule has 0 spiro atoms. The minimum Gasteiger partial charge on any atom is -0.453 e. The number of rotatable bonds is 8. The first-order valence-electron chi connectivity index (χ1n) is 10.9. The van der Waals surface area contributed by atoms with Crippen molar-refractivity contribution in [1.82, 2.24) is 24.8 Å². The Bertz CT molecular complexity index is 1250. The summed E-state index contributed by atoms with van der Waals surface area (Å²) in [7, 11) is 0. The molecular formula is C24H28FN7O. The molecule has 8 nitrogen and oxygen atoms in total. The number of pyridine rings is 1. The van der Waals surface area contributed by atoms with E-state index in [1.54, 1.807) is 30.6 Å². The molecule has 3 heterocycles. The Balaban J connectivity index is 1.52. The molecule has 0 aliphatic heterocycles. The third-order valence-electron chi connectivity index (χ3n) is 5.31. The highest BCUT2D eigenvalue weighted by Gasteiger charge is 2.16. The number of nitrogens with two attached hydrogens (primary N) is 1. The molecule has 0 radical (unpaired) electrons. The van der Waals surface area contributed by atoms with Crippen molar-refractivity contribution in [3.8, 4) is 11.5 Å². The van der Waals surface area contributed by atoms with E-state index in [-0.39, 0.29) is 11.7 Å². The van der Waals surface area contributed by atoms with E-state index in [4.69, 9.17) is 10.5 Å². The summed E-state index contributed by atoms with van der Waals surface area (Å²) < 4.78 is 20.6. The van der Waals surface area contributed by atoms with Crippen molar-refractivity contribution in [3.63, 3.8) is 0 Å².